The van der Waals surface area contributed by atoms with Crippen LogP contribution < -0.4 is 15.4 Å². The molecule has 1 aromatic carbocycles. The van der Waals surface area contributed by atoms with Gasteiger partial charge in [-0.2, -0.15) is 0 Å². The number of nitrogens with one attached hydrogen (secondary N) is 2. The summed E-state index contributed by atoms with van der Waals surface area (Å²) in [4.78, 5) is 24.9. The van der Waals surface area contributed by atoms with Crippen LogP contribution in [0.25, 0.3) is 10.4 Å². The first-order chi connectivity index (χ1) is 10.2. The van der Waals surface area contributed by atoms with Gasteiger partial charge < -0.3 is 15.4 Å². The van der Waals surface area contributed by atoms with Gasteiger partial charge in [0.05, 0.1) is 11.4 Å². The second kappa shape index (κ2) is 5.57. The van der Waals surface area contributed by atoms with Crippen LogP contribution in [0.5, 0.6) is 5.75 Å². The maximum atomic E-state index is 12.1. The van der Waals surface area contributed by atoms with Crippen molar-refractivity contribution in [2.45, 2.75) is 6.61 Å². The fourth-order valence-electron chi connectivity index (χ4n) is 2.15. The SMILES string of the molecule is CNC(=O)CNC(=O)c1cc2c(s1)-c1ccccc1OC2. The van der Waals surface area contributed by atoms with Gasteiger partial charge in [0.1, 0.15) is 12.4 Å². The molecule has 2 heterocycles. The Kier molecular flexibility index (Phi) is 3.62. The fourth-order valence-corrected chi connectivity index (χ4v) is 3.26. The Balaban J connectivity index is 1.84. The number of carbonyl (C=O) groups is 2. The number of carbonyl (C=O) groups excluding carboxylic acids is 2. The summed E-state index contributed by atoms with van der Waals surface area (Å²) in [6, 6.07) is 9.60. The van der Waals surface area contributed by atoms with Crippen molar-refractivity contribution >= 4 is 23.2 Å². The Bertz CT molecular complexity index is 709. The Labute approximate surface area is 125 Å². The van der Waals surface area contributed by atoms with Crippen molar-refractivity contribution in [1.29, 1.82) is 0 Å². The smallest absolute Gasteiger partial charge is 0.261 e. The highest BCUT2D eigenvalue weighted by atomic mass is 32.1. The molecule has 1 aromatic heterocycles. The molecule has 2 N–H and O–H groups in total. The molecule has 0 bridgehead atoms. The summed E-state index contributed by atoms with van der Waals surface area (Å²) in [7, 11) is 1.53. The van der Waals surface area contributed by atoms with E-state index < -0.39 is 0 Å². The third-order valence-corrected chi connectivity index (χ3v) is 4.45. The molecule has 3 rings (SSSR count). The molecule has 5 nitrogen and oxygen atoms in total. The van der Waals surface area contributed by atoms with Gasteiger partial charge in [0.25, 0.3) is 5.91 Å². The van der Waals surface area contributed by atoms with Crippen LogP contribution in [0.15, 0.2) is 30.3 Å². The molecular weight excluding hydrogens is 288 g/mol. The minimum atomic E-state index is -0.240. The zero-order valence-electron chi connectivity index (χ0n) is 11.4. The number of rotatable bonds is 3. The number of benzene rings is 1. The van der Waals surface area contributed by atoms with Gasteiger partial charge in [0.15, 0.2) is 0 Å². The maximum Gasteiger partial charge on any atom is 0.261 e. The number of fused-ring (bicyclic) bond motifs is 3. The number of thiophene rings is 1. The number of amides is 2. The average Bonchev–Trinajstić information content (AvgIpc) is 2.96. The first kappa shape index (κ1) is 13.6. The fraction of sp³-hybridized carbons (Fsp3) is 0.200. The molecule has 6 heteroatoms. The van der Waals surface area contributed by atoms with Crippen molar-refractivity contribution in [3.8, 4) is 16.2 Å². The van der Waals surface area contributed by atoms with E-state index in [0.717, 1.165) is 21.8 Å². The van der Waals surface area contributed by atoms with Crippen LogP contribution in [0.4, 0.5) is 0 Å². The summed E-state index contributed by atoms with van der Waals surface area (Å²) in [5, 5.41) is 5.06. The van der Waals surface area contributed by atoms with Crippen molar-refractivity contribution in [1.82, 2.24) is 10.6 Å². The van der Waals surface area contributed by atoms with E-state index in [4.69, 9.17) is 4.74 Å². The van der Waals surface area contributed by atoms with Crippen molar-refractivity contribution in [3.63, 3.8) is 0 Å². The molecule has 2 aromatic rings. The lowest BCUT2D eigenvalue weighted by Crippen LogP contribution is -2.34. The second-order valence-corrected chi connectivity index (χ2v) is 5.66. The Morgan fingerprint density at radius 1 is 1.33 bits per heavy atom. The average molecular weight is 302 g/mol. The lowest BCUT2D eigenvalue weighted by Gasteiger charge is -2.16. The molecule has 0 radical (unpaired) electrons. The third-order valence-electron chi connectivity index (χ3n) is 3.24. The molecule has 0 fully saturated rings. The third kappa shape index (κ3) is 2.62. The summed E-state index contributed by atoms with van der Waals surface area (Å²) >= 11 is 1.42. The van der Waals surface area contributed by atoms with Crippen molar-refractivity contribution < 1.29 is 14.3 Å². The summed E-state index contributed by atoms with van der Waals surface area (Å²) in [6.45, 7) is 0.441. The molecule has 1 aliphatic heterocycles. The standard InChI is InChI=1S/C15H14N2O3S/c1-16-13(18)7-17-15(19)12-6-9-8-20-11-5-3-2-4-10(11)14(9)21-12/h2-6H,7-8H2,1H3,(H,16,18)(H,17,19). The molecule has 21 heavy (non-hydrogen) atoms. The van der Waals surface area contributed by atoms with Crippen LogP contribution in [-0.4, -0.2) is 25.4 Å². The maximum absolute atomic E-state index is 12.1. The number of hydrogen-bond donors (Lipinski definition) is 2. The highest BCUT2D eigenvalue weighted by molar-refractivity contribution is 7.17. The van der Waals surface area contributed by atoms with E-state index in [1.165, 1.54) is 18.4 Å². The molecule has 1 aliphatic rings. The van der Waals surface area contributed by atoms with E-state index in [1.54, 1.807) is 0 Å². The molecule has 0 saturated heterocycles. The lowest BCUT2D eigenvalue weighted by molar-refractivity contribution is -0.119. The van der Waals surface area contributed by atoms with Gasteiger partial charge in [-0.05, 0) is 18.2 Å². The van der Waals surface area contributed by atoms with Crippen molar-refractivity contribution in [2.24, 2.45) is 0 Å². The van der Waals surface area contributed by atoms with Crippen molar-refractivity contribution in [3.05, 3.63) is 40.8 Å². The van der Waals surface area contributed by atoms with Crippen molar-refractivity contribution in [2.75, 3.05) is 13.6 Å². The first-order valence-corrected chi connectivity index (χ1v) is 7.34. The minimum Gasteiger partial charge on any atom is -0.488 e. The highest BCUT2D eigenvalue weighted by Crippen LogP contribution is 2.42. The normalized spacial score (nSPS) is 11.9. The lowest BCUT2D eigenvalue weighted by atomic mass is 10.1. The van der Waals surface area contributed by atoms with Crippen LogP contribution in [0.3, 0.4) is 0 Å². The molecule has 2 amide bonds. The minimum absolute atomic E-state index is 0.0228. The van der Waals surface area contributed by atoms with Gasteiger partial charge in [0.2, 0.25) is 5.91 Å². The highest BCUT2D eigenvalue weighted by Gasteiger charge is 2.22. The van der Waals surface area contributed by atoms with Gasteiger partial charge in [-0.25, -0.2) is 0 Å². The Morgan fingerprint density at radius 2 is 2.14 bits per heavy atom. The second-order valence-electron chi connectivity index (χ2n) is 4.61. The summed E-state index contributed by atoms with van der Waals surface area (Å²) in [6.07, 6.45) is 0. The summed E-state index contributed by atoms with van der Waals surface area (Å²) in [5.74, 6) is 0.373. The van der Waals surface area contributed by atoms with Crippen LogP contribution in [0.1, 0.15) is 15.2 Å². The van der Waals surface area contributed by atoms with Gasteiger partial charge in [-0.3, -0.25) is 9.59 Å². The van der Waals surface area contributed by atoms with Crippen LogP contribution in [0, 0.1) is 0 Å². The van der Waals surface area contributed by atoms with Gasteiger partial charge in [0, 0.05) is 23.1 Å². The van der Waals surface area contributed by atoms with E-state index in [-0.39, 0.29) is 18.4 Å². The molecule has 0 aliphatic carbocycles. The molecule has 108 valence electrons. The largest absolute Gasteiger partial charge is 0.488 e. The molecule has 0 unspecified atom stereocenters. The number of hydrogen-bond acceptors (Lipinski definition) is 4. The van der Waals surface area contributed by atoms with Gasteiger partial charge in [-0.15, -0.1) is 11.3 Å². The molecule has 0 spiro atoms. The van der Waals surface area contributed by atoms with Crippen LogP contribution in [-0.2, 0) is 11.4 Å². The van der Waals surface area contributed by atoms with Gasteiger partial charge in [-0.1, -0.05) is 12.1 Å². The summed E-state index contributed by atoms with van der Waals surface area (Å²) in [5.41, 5.74) is 2.01. The van der Waals surface area contributed by atoms with E-state index in [9.17, 15) is 9.59 Å². The predicted molar refractivity (Wildman–Crippen MR) is 80.5 cm³/mol. The predicted octanol–water partition coefficient (Wildman–Crippen LogP) is 1.78. The van der Waals surface area contributed by atoms with E-state index in [2.05, 4.69) is 10.6 Å². The quantitative estimate of drug-likeness (QED) is 0.908. The summed E-state index contributed by atoms with van der Waals surface area (Å²) < 4.78 is 5.67. The Morgan fingerprint density at radius 3 is 2.95 bits per heavy atom. The molecule has 0 saturated carbocycles. The van der Waals surface area contributed by atoms with E-state index in [0.29, 0.717) is 11.5 Å². The number of para-hydroxylation sites is 1. The molecular formula is C15H14N2O3S. The van der Waals surface area contributed by atoms with E-state index >= 15 is 0 Å². The number of likely N-dealkylation sites (N-methyl/N-ethyl adjacent to an activating group) is 1. The topological polar surface area (TPSA) is 67.4 Å². The van der Waals surface area contributed by atoms with Crippen LogP contribution >= 0.6 is 11.3 Å². The zero-order valence-corrected chi connectivity index (χ0v) is 12.3. The van der Waals surface area contributed by atoms with Gasteiger partial charge >= 0.3 is 0 Å². The first-order valence-electron chi connectivity index (χ1n) is 6.52. The van der Waals surface area contributed by atoms with E-state index in [1.807, 2.05) is 30.3 Å². The van der Waals surface area contributed by atoms with Crippen LogP contribution in [0.2, 0.25) is 0 Å². The Hall–Kier alpha value is -2.34. The monoisotopic (exact) mass is 302 g/mol. The zero-order chi connectivity index (χ0) is 14.8. The number of ether oxygens (including phenoxy) is 1. The molecule has 0 atom stereocenters.